The third-order valence-electron chi connectivity index (χ3n) is 3.68. The van der Waals surface area contributed by atoms with E-state index in [1.54, 1.807) is 0 Å². The van der Waals surface area contributed by atoms with Gasteiger partial charge in [0, 0.05) is 6.04 Å². The Labute approximate surface area is 122 Å². The summed E-state index contributed by atoms with van der Waals surface area (Å²) in [6.45, 7) is 1.84. The van der Waals surface area contributed by atoms with Crippen LogP contribution in [-0.4, -0.2) is 30.5 Å². The molecule has 1 heterocycles. The number of thiazole rings is 1. The van der Waals surface area contributed by atoms with Crippen molar-refractivity contribution in [2.45, 2.75) is 49.3 Å². The summed E-state index contributed by atoms with van der Waals surface area (Å²) in [6.07, 6.45) is 5.47. The first-order valence-corrected chi connectivity index (χ1v) is 8.97. The molecular weight excluding hydrogens is 300 g/mol. The molecule has 0 unspecified atom stereocenters. The zero-order valence-electron chi connectivity index (χ0n) is 11.2. The fourth-order valence-electron chi connectivity index (χ4n) is 2.60. The number of nitrogens with one attached hydrogen (secondary N) is 1. The predicted octanol–water partition coefficient (Wildman–Crippen LogP) is 2.09. The van der Waals surface area contributed by atoms with Gasteiger partial charge in [-0.05, 0) is 25.7 Å². The molecule has 0 amide bonds. The minimum absolute atomic E-state index is 0.191. The molecule has 1 aromatic heterocycles. The molecule has 0 bridgehead atoms. The maximum Gasteiger partial charge on any atom is 0.356 e. The van der Waals surface area contributed by atoms with E-state index in [9.17, 15) is 13.2 Å². The van der Waals surface area contributed by atoms with Crippen LogP contribution in [0.4, 0.5) is 0 Å². The van der Waals surface area contributed by atoms with Crippen LogP contribution in [0.25, 0.3) is 0 Å². The third kappa shape index (κ3) is 3.36. The Morgan fingerprint density at radius 2 is 2.10 bits per heavy atom. The van der Waals surface area contributed by atoms with E-state index in [1.807, 2.05) is 6.92 Å². The van der Waals surface area contributed by atoms with E-state index < -0.39 is 21.7 Å². The summed E-state index contributed by atoms with van der Waals surface area (Å²) >= 11 is 0.831. The lowest BCUT2D eigenvalue weighted by molar-refractivity contribution is 0.0687. The van der Waals surface area contributed by atoms with Crippen molar-refractivity contribution >= 4 is 27.3 Å². The smallest absolute Gasteiger partial charge is 0.356 e. The van der Waals surface area contributed by atoms with Crippen LogP contribution in [0.15, 0.2) is 9.72 Å². The van der Waals surface area contributed by atoms with Gasteiger partial charge in [-0.15, -0.1) is 11.3 Å². The molecule has 0 aromatic carbocycles. The maximum absolute atomic E-state index is 12.3. The minimum atomic E-state index is -3.82. The first kappa shape index (κ1) is 15.4. The largest absolute Gasteiger partial charge is 0.476 e. The van der Waals surface area contributed by atoms with Gasteiger partial charge >= 0.3 is 5.97 Å². The molecule has 1 saturated carbocycles. The average Bonchev–Trinajstić information content (AvgIpc) is 2.89. The zero-order chi connectivity index (χ0) is 14.8. The molecule has 6 nitrogen and oxygen atoms in total. The molecule has 1 fully saturated rings. The van der Waals surface area contributed by atoms with Crippen LogP contribution in [-0.2, 0) is 10.0 Å². The monoisotopic (exact) mass is 318 g/mol. The number of rotatable bonds is 5. The Bertz CT molecular complexity index is 576. The normalized spacial score (nSPS) is 18.9. The second-order valence-electron chi connectivity index (χ2n) is 5.10. The van der Waals surface area contributed by atoms with Gasteiger partial charge in [0.15, 0.2) is 9.90 Å². The number of hydrogen-bond donors (Lipinski definition) is 2. The van der Waals surface area contributed by atoms with Crippen molar-refractivity contribution in [1.29, 1.82) is 0 Å². The van der Waals surface area contributed by atoms with Crippen LogP contribution in [0.2, 0.25) is 0 Å². The van der Waals surface area contributed by atoms with Gasteiger partial charge < -0.3 is 5.11 Å². The first-order valence-electron chi connectivity index (χ1n) is 6.61. The van der Waals surface area contributed by atoms with Gasteiger partial charge in [0.05, 0.1) is 5.51 Å². The van der Waals surface area contributed by atoms with E-state index >= 15 is 0 Å². The Morgan fingerprint density at radius 1 is 1.45 bits per heavy atom. The highest BCUT2D eigenvalue weighted by molar-refractivity contribution is 7.91. The Morgan fingerprint density at radius 3 is 2.70 bits per heavy atom. The van der Waals surface area contributed by atoms with E-state index in [0.29, 0.717) is 5.92 Å². The van der Waals surface area contributed by atoms with Gasteiger partial charge in [0.2, 0.25) is 0 Å². The van der Waals surface area contributed by atoms with Crippen LogP contribution in [0, 0.1) is 5.92 Å². The Balaban J connectivity index is 2.14. The van der Waals surface area contributed by atoms with Crippen molar-refractivity contribution in [2.24, 2.45) is 5.92 Å². The van der Waals surface area contributed by atoms with E-state index in [4.69, 9.17) is 5.11 Å². The number of aromatic carboxylic acids is 1. The number of carbonyl (C=O) groups is 1. The fraction of sp³-hybridized carbons (Fsp3) is 0.667. The van der Waals surface area contributed by atoms with Gasteiger partial charge in [0.25, 0.3) is 10.0 Å². The van der Waals surface area contributed by atoms with Crippen molar-refractivity contribution in [3.8, 4) is 0 Å². The average molecular weight is 318 g/mol. The third-order valence-corrected chi connectivity index (χ3v) is 6.61. The summed E-state index contributed by atoms with van der Waals surface area (Å²) in [7, 11) is -3.82. The highest BCUT2D eigenvalue weighted by Gasteiger charge is 2.29. The number of sulfonamides is 1. The number of aromatic nitrogens is 1. The van der Waals surface area contributed by atoms with Crippen molar-refractivity contribution in [2.75, 3.05) is 0 Å². The molecule has 0 radical (unpaired) electrons. The van der Waals surface area contributed by atoms with Crippen LogP contribution in [0.3, 0.4) is 0 Å². The lowest BCUT2D eigenvalue weighted by Crippen LogP contribution is -2.39. The summed E-state index contributed by atoms with van der Waals surface area (Å²) in [5, 5.41) is 8.95. The zero-order valence-corrected chi connectivity index (χ0v) is 12.8. The highest BCUT2D eigenvalue weighted by atomic mass is 32.2. The molecule has 2 rings (SSSR count). The summed E-state index contributed by atoms with van der Waals surface area (Å²) in [4.78, 5) is 14.6. The summed E-state index contributed by atoms with van der Waals surface area (Å²) in [5.41, 5.74) is 0.835. The van der Waals surface area contributed by atoms with E-state index in [-0.39, 0.29) is 10.3 Å². The molecule has 112 valence electrons. The maximum atomic E-state index is 12.3. The molecule has 1 aliphatic rings. The molecule has 0 spiro atoms. The van der Waals surface area contributed by atoms with Crippen LogP contribution >= 0.6 is 11.3 Å². The molecule has 0 aliphatic heterocycles. The molecule has 20 heavy (non-hydrogen) atoms. The van der Waals surface area contributed by atoms with Gasteiger partial charge in [-0.1, -0.05) is 19.3 Å². The Kier molecular flexibility index (Phi) is 4.77. The number of hydrogen-bond acceptors (Lipinski definition) is 5. The fourth-order valence-corrected chi connectivity index (χ4v) is 5.07. The molecule has 8 heteroatoms. The van der Waals surface area contributed by atoms with Gasteiger partial charge in [-0.25, -0.2) is 22.9 Å². The van der Waals surface area contributed by atoms with Crippen molar-refractivity contribution in [1.82, 2.24) is 9.71 Å². The van der Waals surface area contributed by atoms with Crippen LogP contribution in [0.1, 0.15) is 49.5 Å². The van der Waals surface area contributed by atoms with Crippen molar-refractivity contribution in [3.63, 3.8) is 0 Å². The summed E-state index contributed by atoms with van der Waals surface area (Å²) in [6, 6.07) is -0.191. The molecule has 2 N–H and O–H groups in total. The molecular formula is C12H18N2O4S2. The first-order chi connectivity index (χ1) is 9.42. The van der Waals surface area contributed by atoms with Gasteiger partial charge in [0.1, 0.15) is 0 Å². The second kappa shape index (κ2) is 6.19. The van der Waals surface area contributed by atoms with Crippen LogP contribution in [0.5, 0.6) is 0 Å². The highest BCUT2D eigenvalue weighted by Crippen LogP contribution is 2.28. The minimum Gasteiger partial charge on any atom is -0.476 e. The Hall–Kier alpha value is -0.990. The quantitative estimate of drug-likeness (QED) is 0.866. The van der Waals surface area contributed by atoms with E-state index in [0.717, 1.165) is 37.0 Å². The standard InChI is InChI=1S/C12H18N2O4S2/c1-8(9-5-3-2-4-6-9)14-20(17,18)12-10(11(15)16)13-7-19-12/h7-9,14H,2-6H2,1H3,(H,15,16)/t8-/m0/s1. The predicted molar refractivity (Wildman–Crippen MR) is 75.4 cm³/mol. The lowest BCUT2D eigenvalue weighted by atomic mass is 9.85. The lowest BCUT2D eigenvalue weighted by Gasteiger charge is -2.27. The van der Waals surface area contributed by atoms with E-state index in [2.05, 4.69) is 9.71 Å². The molecule has 0 saturated heterocycles. The van der Waals surface area contributed by atoms with Crippen molar-refractivity contribution in [3.05, 3.63) is 11.2 Å². The molecule has 1 aliphatic carbocycles. The number of nitrogens with zero attached hydrogens (tertiary/aromatic N) is 1. The van der Waals surface area contributed by atoms with Gasteiger partial charge in [-0.2, -0.15) is 0 Å². The number of carboxylic acid groups (broad SMARTS) is 1. The topological polar surface area (TPSA) is 96.4 Å². The summed E-state index contributed by atoms with van der Waals surface area (Å²) < 4.78 is 26.9. The molecule has 1 aromatic rings. The molecule has 1 atom stereocenters. The number of carboxylic acids is 1. The van der Waals surface area contributed by atoms with Crippen molar-refractivity contribution < 1.29 is 18.3 Å². The summed E-state index contributed by atoms with van der Waals surface area (Å²) in [5.74, 6) is -1.00. The van der Waals surface area contributed by atoms with Crippen LogP contribution < -0.4 is 4.72 Å². The van der Waals surface area contributed by atoms with E-state index in [1.165, 1.54) is 11.9 Å². The SMILES string of the molecule is C[C@H](NS(=O)(=O)c1scnc1C(=O)O)C1CCCCC1. The van der Waals surface area contributed by atoms with Gasteiger partial charge in [-0.3, -0.25) is 0 Å². The second-order valence-corrected chi connectivity index (χ2v) is 7.87.